The van der Waals surface area contributed by atoms with Gasteiger partial charge in [-0.3, -0.25) is 14.5 Å². The third-order valence-electron chi connectivity index (χ3n) is 7.12. The Morgan fingerprint density at radius 2 is 1.97 bits per heavy atom. The topological polar surface area (TPSA) is 52.7 Å². The van der Waals surface area contributed by atoms with Crippen LogP contribution in [-0.4, -0.2) is 36.3 Å². The number of para-hydroxylation sites is 1. The van der Waals surface area contributed by atoms with Crippen LogP contribution >= 0.6 is 0 Å². The molecule has 5 heteroatoms. The lowest BCUT2D eigenvalue weighted by molar-refractivity contribution is -0.136. The van der Waals surface area contributed by atoms with E-state index in [1.54, 1.807) is 4.90 Å². The predicted molar refractivity (Wildman–Crippen MR) is 114 cm³/mol. The van der Waals surface area contributed by atoms with Crippen LogP contribution < -0.4 is 10.2 Å². The fourth-order valence-electron chi connectivity index (χ4n) is 5.76. The Morgan fingerprint density at radius 1 is 1.17 bits per heavy atom. The third kappa shape index (κ3) is 2.43. The number of aryl methyl sites for hydroxylation is 2. The molecule has 1 N–H and O–H groups in total. The quantitative estimate of drug-likeness (QED) is 0.854. The fraction of sp³-hybridized carbons (Fsp3) is 0.417. The first kappa shape index (κ1) is 18.4. The van der Waals surface area contributed by atoms with Gasteiger partial charge in [0.2, 0.25) is 5.91 Å². The molecular formula is C24H27N3O2. The van der Waals surface area contributed by atoms with Gasteiger partial charge in [0.1, 0.15) is 5.54 Å². The first-order valence-corrected chi connectivity index (χ1v) is 10.5. The van der Waals surface area contributed by atoms with Crippen LogP contribution in [0.3, 0.4) is 0 Å². The minimum Gasteiger partial charge on any atom is -0.326 e. The van der Waals surface area contributed by atoms with E-state index in [-0.39, 0.29) is 17.9 Å². The van der Waals surface area contributed by atoms with E-state index in [1.165, 1.54) is 0 Å². The molecule has 2 aromatic carbocycles. The number of amides is 2. The smallest absolute Gasteiger partial charge is 0.252 e. The van der Waals surface area contributed by atoms with Crippen molar-refractivity contribution in [3.63, 3.8) is 0 Å². The highest BCUT2D eigenvalue weighted by Gasteiger charge is 2.66. The van der Waals surface area contributed by atoms with Crippen LogP contribution in [0.5, 0.6) is 0 Å². The lowest BCUT2D eigenvalue weighted by Gasteiger charge is -2.37. The van der Waals surface area contributed by atoms with Gasteiger partial charge in [0.05, 0.1) is 5.92 Å². The van der Waals surface area contributed by atoms with E-state index in [4.69, 9.17) is 0 Å². The highest BCUT2D eigenvalue weighted by atomic mass is 16.2. The molecule has 150 valence electrons. The SMILES string of the molecule is Cc1ccc(C)c(NC(=O)C2CC3CCCN3C23C(=O)N(C)c2ccccc23)c1. The summed E-state index contributed by atoms with van der Waals surface area (Å²) in [5.74, 6) is -0.415. The van der Waals surface area contributed by atoms with Crippen molar-refractivity contribution >= 4 is 23.2 Å². The molecule has 0 bridgehead atoms. The number of carbonyl (C=O) groups excluding carboxylic acids is 2. The van der Waals surface area contributed by atoms with E-state index < -0.39 is 11.5 Å². The average Bonchev–Trinajstić information content (AvgIpc) is 3.35. The Kier molecular flexibility index (Phi) is 4.07. The summed E-state index contributed by atoms with van der Waals surface area (Å²) in [6.07, 6.45) is 2.86. The molecule has 3 aliphatic rings. The monoisotopic (exact) mass is 389 g/mol. The van der Waals surface area contributed by atoms with Gasteiger partial charge in [-0.2, -0.15) is 0 Å². The average molecular weight is 389 g/mol. The second-order valence-electron chi connectivity index (χ2n) is 8.73. The Morgan fingerprint density at radius 3 is 2.79 bits per heavy atom. The third-order valence-corrected chi connectivity index (χ3v) is 7.12. The predicted octanol–water partition coefficient (Wildman–Crippen LogP) is 3.60. The van der Waals surface area contributed by atoms with E-state index in [2.05, 4.69) is 10.2 Å². The number of anilines is 2. The minimum atomic E-state index is -0.881. The van der Waals surface area contributed by atoms with Gasteiger partial charge in [0.25, 0.3) is 5.91 Å². The number of benzene rings is 2. The standard InChI is InChI=1S/C24H27N3O2/c1-15-10-11-16(2)20(13-15)25-22(28)19-14-17-7-6-12-27(17)24(19)18-8-4-5-9-21(18)26(3)23(24)29/h4-5,8-11,13,17,19H,6-7,12,14H2,1-3H3,(H,25,28). The zero-order valence-corrected chi connectivity index (χ0v) is 17.2. The Balaban J connectivity index is 1.60. The molecule has 2 aromatic rings. The number of hydrogen-bond acceptors (Lipinski definition) is 3. The van der Waals surface area contributed by atoms with Crippen LogP contribution in [0.15, 0.2) is 42.5 Å². The molecule has 5 rings (SSSR count). The van der Waals surface area contributed by atoms with Gasteiger partial charge in [-0.15, -0.1) is 0 Å². The number of nitrogens with zero attached hydrogens (tertiary/aromatic N) is 2. The summed E-state index contributed by atoms with van der Waals surface area (Å²) in [6.45, 7) is 4.89. The zero-order chi connectivity index (χ0) is 20.3. The number of carbonyl (C=O) groups is 2. The van der Waals surface area contributed by atoms with Gasteiger partial charge in [0, 0.05) is 30.0 Å². The van der Waals surface area contributed by atoms with Gasteiger partial charge in [-0.25, -0.2) is 0 Å². The molecule has 3 unspecified atom stereocenters. The summed E-state index contributed by atoms with van der Waals surface area (Å²) in [5, 5.41) is 3.16. The number of fused-ring (bicyclic) bond motifs is 4. The van der Waals surface area contributed by atoms with E-state index in [0.717, 1.165) is 53.9 Å². The lowest BCUT2D eigenvalue weighted by atomic mass is 9.78. The van der Waals surface area contributed by atoms with Crippen molar-refractivity contribution < 1.29 is 9.59 Å². The van der Waals surface area contributed by atoms with E-state index >= 15 is 0 Å². The van der Waals surface area contributed by atoms with Gasteiger partial charge >= 0.3 is 0 Å². The van der Waals surface area contributed by atoms with E-state index in [1.807, 2.05) is 63.4 Å². The maximum absolute atomic E-state index is 13.7. The van der Waals surface area contributed by atoms with Crippen LogP contribution in [0.2, 0.25) is 0 Å². The molecule has 2 fully saturated rings. The van der Waals surface area contributed by atoms with Crippen molar-refractivity contribution in [3.05, 3.63) is 59.2 Å². The second-order valence-corrected chi connectivity index (χ2v) is 8.73. The first-order chi connectivity index (χ1) is 13.9. The van der Waals surface area contributed by atoms with Crippen LogP contribution in [0.4, 0.5) is 11.4 Å². The molecular weight excluding hydrogens is 362 g/mol. The molecule has 3 aliphatic heterocycles. The minimum absolute atomic E-state index is 0.0317. The van der Waals surface area contributed by atoms with Crippen molar-refractivity contribution in [2.24, 2.45) is 5.92 Å². The first-order valence-electron chi connectivity index (χ1n) is 10.5. The maximum atomic E-state index is 13.7. The van der Waals surface area contributed by atoms with Gasteiger partial charge < -0.3 is 10.2 Å². The van der Waals surface area contributed by atoms with Crippen molar-refractivity contribution in [2.45, 2.75) is 44.7 Å². The van der Waals surface area contributed by atoms with Crippen LogP contribution in [-0.2, 0) is 15.1 Å². The van der Waals surface area contributed by atoms with Crippen molar-refractivity contribution in [3.8, 4) is 0 Å². The molecule has 29 heavy (non-hydrogen) atoms. The highest BCUT2D eigenvalue weighted by Crippen LogP contribution is 2.56. The molecule has 0 aromatic heterocycles. The van der Waals surface area contributed by atoms with E-state index in [0.29, 0.717) is 0 Å². The number of likely N-dealkylation sites (N-methyl/N-ethyl adjacent to an activating group) is 1. The molecule has 3 atom stereocenters. The van der Waals surface area contributed by atoms with Crippen LogP contribution in [0, 0.1) is 19.8 Å². The largest absolute Gasteiger partial charge is 0.326 e. The Bertz CT molecular complexity index is 1020. The molecule has 2 saturated heterocycles. The van der Waals surface area contributed by atoms with Crippen LogP contribution in [0.25, 0.3) is 0 Å². The van der Waals surface area contributed by atoms with E-state index in [9.17, 15) is 9.59 Å². The van der Waals surface area contributed by atoms with Gasteiger partial charge in [-0.1, -0.05) is 30.3 Å². The number of hydrogen-bond donors (Lipinski definition) is 1. The van der Waals surface area contributed by atoms with Crippen molar-refractivity contribution in [1.82, 2.24) is 4.90 Å². The Labute approximate surface area is 171 Å². The summed E-state index contributed by atoms with van der Waals surface area (Å²) in [4.78, 5) is 31.4. The Hall–Kier alpha value is -2.66. The molecule has 5 nitrogen and oxygen atoms in total. The molecule has 1 spiro atoms. The normalized spacial score (nSPS) is 28.1. The second kappa shape index (κ2) is 6.42. The number of rotatable bonds is 2. The number of nitrogens with one attached hydrogen (secondary N) is 1. The van der Waals surface area contributed by atoms with Crippen LogP contribution in [0.1, 0.15) is 36.0 Å². The molecule has 2 amide bonds. The lowest BCUT2D eigenvalue weighted by Crippen LogP contribution is -2.55. The molecule has 3 heterocycles. The van der Waals surface area contributed by atoms with Gasteiger partial charge in [0.15, 0.2) is 0 Å². The summed E-state index contributed by atoms with van der Waals surface area (Å²) in [7, 11) is 1.83. The van der Waals surface area contributed by atoms with Crippen molar-refractivity contribution in [1.29, 1.82) is 0 Å². The fourth-order valence-corrected chi connectivity index (χ4v) is 5.76. The summed E-state index contributed by atoms with van der Waals surface area (Å²) in [5.41, 5.74) is 4.01. The zero-order valence-electron chi connectivity index (χ0n) is 17.2. The van der Waals surface area contributed by atoms with Crippen molar-refractivity contribution in [2.75, 3.05) is 23.8 Å². The molecule has 0 radical (unpaired) electrons. The summed E-state index contributed by atoms with van der Waals surface area (Å²) in [6, 6.07) is 14.3. The molecule has 0 aliphatic carbocycles. The highest BCUT2D eigenvalue weighted by molar-refractivity contribution is 6.11. The van der Waals surface area contributed by atoms with Gasteiger partial charge in [-0.05, 0) is 62.9 Å². The maximum Gasteiger partial charge on any atom is 0.252 e. The summed E-state index contributed by atoms with van der Waals surface area (Å²) >= 11 is 0. The summed E-state index contributed by atoms with van der Waals surface area (Å²) < 4.78 is 0. The molecule has 0 saturated carbocycles.